The Morgan fingerprint density at radius 2 is 1.79 bits per heavy atom. The van der Waals surface area contributed by atoms with Crippen molar-refractivity contribution in [3.8, 4) is 11.3 Å². The maximum Gasteiger partial charge on any atom is 0.214 e. The van der Waals surface area contributed by atoms with Gasteiger partial charge in [0, 0.05) is 30.0 Å². The molecular formula is C27H30N+. The van der Waals surface area contributed by atoms with Crippen molar-refractivity contribution in [1.82, 2.24) is 0 Å². The second-order valence-corrected chi connectivity index (χ2v) is 9.68. The molecule has 2 aliphatic rings. The molecule has 1 fully saturated rings. The zero-order valence-corrected chi connectivity index (χ0v) is 18.0. The first-order valence-electron chi connectivity index (χ1n) is 10.5. The summed E-state index contributed by atoms with van der Waals surface area (Å²) < 4.78 is 2.59. The topological polar surface area (TPSA) is 3.88 Å². The molecule has 2 heterocycles. The maximum atomic E-state index is 4.57. The van der Waals surface area contributed by atoms with Crippen LogP contribution >= 0.6 is 0 Å². The van der Waals surface area contributed by atoms with Crippen molar-refractivity contribution in [3.63, 3.8) is 0 Å². The van der Waals surface area contributed by atoms with Crippen LogP contribution in [0, 0.1) is 19.8 Å². The second kappa shape index (κ2) is 5.35. The largest absolute Gasteiger partial charge is 0.214 e. The van der Waals surface area contributed by atoms with E-state index in [1.807, 2.05) is 0 Å². The van der Waals surface area contributed by atoms with E-state index in [1.54, 1.807) is 0 Å². The smallest absolute Gasteiger partial charge is 0.181 e. The molecule has 2 aromatic carbocycles. The highest BCUT2D eigenvalue weighted by Gasteiger charge is 2.78. The number of aromatic nitrogens is 1. The maximum absolute atomic E-state index is 4.57. The highest BCUT2D eigenvalue weighted by atomic mass is 15.2. The predicted molar refractivity (Wildman–Crippen MR) is 118 cm³/mol. The fourth-order valence-electron chi connectivity index (χ4n) is 6.01. The molecule has 1 aliphatic carbocycles. The normalized spacial score (nSPS) is 24.9. The van der Waals surface area contributed by atoms with Crippen LogP contribution in [0.25, 0.3) is 22.2 Å². The summed E-state index contributed by atoms with van der Waals surface area (Å²) in [5.41, 5.74) is 11.0. The summed E-state index contributed by atoms with van der Waals surface area (Å²) in [5, 5.41) is 1.39. The van der Waals surface area contributed by atoms with Crippen LogP contribution in [0.15, 0.2) is 54.6 Å². The minimum atomic E-state index is -0.0642. The van der Waals surface area contributed by atoms with Crippen LogP contribution in [0.3, 0.4) is 0 Å². The van der Waals surface area contributed by atoms with Crippen molar-refractivity contribution < 1.29 is 4.57 Å². The molecular weight excluding hydrogens is 338 g/mol. The van der Waals surface area contributed by atoms with E-state index >= 15 is 0 Å². The molecule has 0 amide bonds. The lowest BCUT2D eigenvalue weighted by molar-refractivity contribution is -0.703. The summed E-state index contributed by atoms with van der Waals surface area (Å²) in [7, 11) is 0. The number of rotatable bonds is 2. The molecule has 3 aromatic rings. The number of fused-ring (bicyclic) bond motifs is 8. The molecule has 142 valence electrons. The molecule has 28 heavy (non-hydrogen) atoms. The van der Waals surface area contributed by atoms with Gasteiger partial charge in [-0.2, -0.15) is 4.57 Å². The van der Waals surface area contributed by atoms with Crippen LogP contribution in [-0.4, -0.2) is 0 Å². The van der Waals surface area contributed by atoms with Crippen LogP contribution in [0.1, 0.15) is 49.9 Å². The number of hydrogen-bond donors (Lipinski definition) is 0. The Hall–Kier alpha value is -2.41. The van der Waals surface area contributed by atoms with Gasteiger partial charge >= 0.3 is 0 Å². The Balaban J connectivity index is 1.92. The third-order valence-corrected chi connectivity index (χ3v) is 7.50. The zero-order chi connectivity index (χ0) is 20.0. The standard InChI is InChI=1S/C27H30N/c1-16(2)13-20-9-8-10-23-21(20)11-12-24-22-15-17(3)14-18(4)25(22)26(6)19(5)27(26,7)28(23)24/h8-12,14-16H,5,13H2,1-4,6-7H3/q+1. The molecule has 2 unspecified atom stereocenters. The van der Waals surface area contributed by atoms with E-state index in [0.29, 0.717) is 5.92 Å². The Labute approximate surface area is 168 Å². The van der Waals surface area contributed by atoms with E-state index in [4.69, 9.17) is 0 Å². The second-order valence-electron chi connectivity index (χ2n) is 9.68. The number of pyridine rings is 1. The van der Waals surface area contributed by atoms with Gasteiger partial charge in [0.2, 0.25) is 16.7 Å². The molecule has 1 aliphatic heterocycles. The van der Waals surface area contributed by atoms with Gasteiger partial charge in [-0.3, -0.25) is 0 Å². The minimum Gasteiger partial charge on any atom is -0.181 e. The Morgan fingerprint density at radius 1 is 1.04 bits per heavy atom. The van der Waals surface area contributed by atoms with Gasteiger partial charge in [0.1, 0.15) is 0 Å². The van der Waals surface area contributed by atoms with Crippen LogP contribution in [0.5, 0.6) is 0 Å². The number of allylic oxidation sites excluding steroid dienone is 1. The van der Waals surface area contributed by atoms with Gasteiger partial charge in [0.05, 0.1) is 11.0 Å². The minimum absolute atomic E-state index is 0.000118. The van der Waals surface area contributed by atoms with Crippen LogP contribution in [0.2, 0.25) is 0 Å². The Kier molecular flexibility index (Phi) is 3.37. The quantitative estimate of drug-likeness (QED) is 0.376. The lowest BCUT2D eigenvalue weighted by atomic mass is 9.80. The third kappa shape index (κ3) is 1.90. The molecule has 1 nitrogen and oxygen atoms in total. The molecule has 0 radical (unpaired) electrons. The average molecular weight is 369 g/mol. The number of hydrogen-bond acceptors (Lipinski definition) is 0. The first-order chi connectivity index (χ1) is 13.2. The molecule has 1 heteroatoms. The van der Waals surface area contributed by atoms with Crippen LogP contribution in [0.4, 0.5) is 0 Å². The van der Waals surface area contributed by atoms with Crippen molar-refractivity contribution >= 4 is 10.9 Å². The van der Waals surface area contributed by atoms with Crippen LogP contribution < -0.4 is 4.57 Å². The van der Waals surface area contributed by atoms with E-state index in [0.717, 1.165) is 6.42 Å². The molecule has 0 saturated heterocycles. The Morgan fingerprint density at radius 3 is 2.50 bits per heavy atom. The molecule has 1 aromatic heterocycles. The predicted octanol–water partition coefficient (Wildman–Crippen LogP) is 6.17. The fourth-order valence-corrected chi connectivity index (χ4v) is 6.01. The van der Waals surface area contributed by atoms with Crippen LogP contribution in [-0.2, 0) is 17.4 Å². The fraction of sp³-hybridized carbons (Fsp3) is 0.370. The van der Waals surface area contributed by atoms with E-state index < -0.39 is 0 Å². The summed E-state index contributed by atoms with van der Waals surface area (Å²) in [4.78, 5) is 0. The van der Waals surface area contributed by atoms with E-state index in [-0.39, 0.29) is 11.0 Å². The molecule has 1 saturated carbocycles. The van der Waals surface area contributed by atoms with Gasteiger partial charge in [-0.1, -0.05) is 44.2 Å². The summed E-state index contributed by atoms with van der Waals surface area (Å²) in [6, 6.07) is 16.2. The molecule has 0 bridgehead atoms. The monoisotopic (exact) mass is 368 g/mol. The molecule has 2 atom stereocenters. The van der Waals surface area contributed by atoms with Crippen molar-refractivity contribution in [1.29, 1.82) is 0 Å². The zero-order valence-electron chi connectivity index (χ0n) is 18.0. The van der Waals surface area contributed by atoms with Crippen molar-refractivity contribution in [2.45, 2.75) is 58.9 Å². The van der Waals surface area contributed by atoms with Gasteiger partial charge in [-0.15, -0.1) is 0 Å². The number of nitrogens with zero attached hydrogens (tertiary/aromatic N) is 1. The van der Waals surface area contributed by atoms with E-state index in [9.17, 15) is 0 Å². The molecule has 0 spiro atoms. The summed E-state index contributed by atoms with van der Waals surface area (Å²) in [6.45, 7) is 18.4. The van der Waals surface area contributed by atoms with Gasteiger partial charge in [0.25, 0.3) is 0 Å². The average Bonchev–Trinajstić information content (AvgIpc) is 3.08. The lowest BCUT2D eigenvalue weighted by Crippen LogP contribution is -2.53. The highest BCUT2D eigenvalue weighted by molar-refractivity contribution is 5.84. The number of benzene rings is 2. The summed E-state index contributed by atoms with van der Waals surface area (Å²) in [6.07, 6.45) is 1.11. The Bertz CT molecular complexity index is 1180. The third-order valence-electron chi connectivity index (χ3n) is 7.50. The molecule has 0 N–H and O–H groups in total. The van der Waals surface area contributed by atoms with Crippen molar-refractivity contribution in [3.05, 3.63) is 76.9 Å². The summed E-state index contributed by atoms with van der Waals surface area (Å²) >= 11 is 0. The van der Waals surface area contributed by atoms with Gasteiger partial charge < -0.3 is 0 Å². The first-order valence-corrected chi connectivity index (χ1v) is 10.5. The number of aryl methyl sites for hydroxylation is 2. The van der Waals surface area contributed by atoms with E-state index in [1.165, 1.54) is 50.0 Å². The SMILES string of the molecule is C=C1C2(C)c3c(C)cc(C)cc3-c3ccc4c(CC(C)C)cccc4[n+]3C12C. The van der Waals surface area contributed by atoms with Gasteiger partial charge in [-0.05, 0) is 61.9 Å². The van der Waals surface area contributed by atoms with Gasteiger partial charge in [-0.25, -0.2) is 0 Å². The lowest BCUT2D eigenvalue weighted by Gasteiger charge is -2.27. The highest BCUT2D eigenvalue weighted by Crippen LogP contribution is 2.68. The van der Waals surface area contributed by atoms with Gasteiger partial charge in [0.15, 0.2) is 0 Å². The van der Waals surface area contributed by atoms with E-state index in [2.05, 4.69) is 95.2 Å². The first kappa shape index (κ1) is 17.7. The van der Waals surface area contributed by atoms with Crippen molar-refractivity contribution in [2.75, 3.05) is 0 Å². The summed E-state index contributed by atoms with van der Waals surface area (Å²) in [5.74, 6) is 0.648. The molecule has 5 rings (SSSR count). The van der Waals surface area contributed by atoms with Crippen molar-refractivity contribution in [2.24, 2.45) is 5.92 Å².